The third-order valence-corrected chi connectivity index (χ3v) is 3.23. The van der Waals surface area contributed by atoms with Crippen LogP contribution in [0.3, 0.4) is 0 Å². The molecule has 0 aliphatic carbocycles. The van der Waals surface area contributed by atoms with Crippen LogP contribution in [0.4, 0.5) is 0 Å². The molecule has 1 aromatic carbocycles. The van der Waals surface area contributed by atoms with Gasteiger partial charge in [-0.05, 0) is 56.6 Å². The van der Waals surface area contributed by atoms with Gasteiger partial charge in [0, 0.05) is 6.42 Å². The molecule has 17 heavy (non-hydrogen) atoms. The smallest absolute Gasteiger partial charge is 0.242 e. The minimum Gasteiger partial charge on any atom is -0.544 e. The molecule has 0 N–H and O–H groups in total. The van der Waals surface area contributed by atoms with Crippen LogP contribution in [-0.2, 0) is 6.42 Å². The van der Waals surface area contributed by atoms with Gasteiger partial charge in [-0.15, -0.1) is 12.3 Å². The van der Waals surface area contributed by atoms with Gasteiger partial charge in [-0.2, -0.15) is 0 Å². The maximum atomic E-state index is 5.91. The lowest BCUT2D eigenvalue weighted by Crippen LogP contribution is -2.29. The molecule has 0 saturated heterocycles. The molecule has 0 radical (unpaired) electrons. The summed E-state index contributed by atoms with van der Waals surface area (Å²) in [6.07, 6.45) is 9.50. The van der Waals surface area contributed by atoms with Crippen LogP contribution in [0, 0.1) is 12.3 Å². The zero-order chi connectivity index (χ0) is 12.7. The van der Waals surface area contributed by atoms with E-state index in [2.05, 4.69) is 49.8 Å². The largest absolute Gasteiger partial charge is 0.544 e. The molecule has 1 rings (SSSR count). The number of benzene rings is 1. The van der Waals surface area contributed by atoms with Gasteiger partial charge in [0.25, 0.3) is 0 Å². The Bertz CT molecular complexity index is 367. The zero-order valence-corrected chi connectivity index (χ0v) is 12.1. The molecule has 0 spiro atoms. The molecule has 0 heterocycles. The Kier molecular flexibility index (Phi) is 5.31. The van der Waals surface area contributed by atoms with E-state index in [4.69, 9.17) is 10.8 Å². The lowest BCUT2D eigenvalue weighted by molar-refractivity contribution is 0.557. The van der Waals surface area contributed by atoms with Crippen LogP contribution in [-0.4, -0.2) is 8.32 Å². The van der Waals surface area contributed by atoms with Crippen LogP contribution in [0.5, 0.6) is 5.75 Å². The lowest BCUT2D eigenvalue weighted by atomic mass is 10.1. The molecule has 2 heteroatoms. The normalized spacial score (nSPS) is 10.9. The molecule has 0 amide bonds. The van der Waals surface area contributed by atoms with Crippen molar-refractivity contribution in [2.45, 2.75) is 45.3 Å². The van der Waals surface area contributed by atoms with Crippen molar-refractivity contribution >= 4 is 8.32 Å². The Morgan fingerprint density at radius 1 is 1.12 bits per heavy atom. The number of terminal acetylenes is 1. The second-order valence-corrected chi connectivity index (χ2v) is 9.70. The second kappa shape index (κ2) is 6.51. The summed E-state index contributed by atoms with van der Waals surface area (Å²) in [5, 5.41) is 0. The highest BCUT2D eigenvalue weighted by Crippen LogP contribution is 2.17. The van der Waals surface area contributed by atoms with E-state index in [0.29, 0.717) is 0 Å². The third-order valence-electron chi connectivity index (χ3n) is 2.38. The van der Waals surface area contributed by atoms with Crippen LogP contribution < -0.4 is 4.43 Å². The first-order chi connectivity index (χ1) is 8.01. The van der Waals surface area contributed by atoms with Crippen molar-refractivity contribution in [2.24, 2.45) is 0 Å². The van der Waals surface area contributed by atoms with Crippen LogP contribution in [0.15, 0.2) is 24.3 Å². The van der Waals surface area contributed by atoms with E-state index in [9.17, 15) is 0 Å². The number of rotatable bonds is 6. The maximum absolute atomic E-state index is 5.91. The van der Waals surface area contributed by atoms with Crippen molar-refractivity contribution < 1.29 is 4.43 Å². The first-order valence-electron chi connectivity index (χ1n) is 6.23. The molecule has 0 aliphatic rings. The summed E-state index contributed by atoms with van der Waals surface area (Å²) in [4.78, 5) is 0. The number of hydrogen-bond donors (Lipinski definition) is 0. The molecule has 0 fully saturated rings. The Morgan fingerprint density at radius 2 is 1.76 bits per heavy atom. The fourth-order valence-corrected chi connectivity index (χ4v) is 2.48. The summed E-state index contributed by atoms with van der Waals surface area (Å²) in [6.45, 7) is 6.59. The summed E-state index contributed by atoms with van der Waals surface area (Å²) in [5.74, 6) is 3.67. The molecule has 0 bridgehead atoms. The van der Waals surface area contributed by atoms with E-state index < -0.39 is 8.32 Å². The Labute approximate surface area is 106 Å². The minimum atomic E-state index is -1.47. The third kappa shape index (κ3) is 6.18. The Hall–Kier alpha value is -1.20. The summed E-state index contributed by atoms with van der Waals surface area (Å²) < 4.78 is 5.91. The minimum absolute atomic E-state index is 0.886. The highest BCUT2D eigenvalue weighted by molar-refractivity contribution is 6.70. The molecule has 0 unspecified atom stereocenters. The topological polar surface area (TPSA) is 9.23 Å². The average Bonchev–Trinajstić information content (AvgIpc) is 2.25. The number of unbranched alkanes of at least 4 members (excludes halogenated alkanes) is 2. The fourth-order valence-electron chi connectivity index (χ4n) is 1.63. The highest BCUT2D eigenvalue weighted by atomic mass is 28.4. The van der Waals surface area contributed by atoms with Crippen LogP contribution in [0.25, 0.3) is 0 Å². The lowest BCUT2D eigenvalue weighted by Gasteiger charge is -2.19. The van der Waals surface area contributed by atoms with Crippen LogP contribution in [0.2, 0.25) is 19.6 Å². The first-order valence-corrected chi connectivity index (χ1v) is 9.63. The van der Waals surface area contributed by atoms with E-state index in [-0.39, 0.29) is 0 Å². The fraction of sp³-hybridized carbons (Fsp3) is 0.467. The molecular formula is C15H22OSi. The van der Waals surface area contributed by atoms with Gasteiger partial charge in [0.15, 0.2) is 0 Å². The Balaban J connectivity index is 2.43. The predicted molar refractivity (Wildman–Crippen MR) is 76.8 cm³/mol. The molecule has 0 aromatic heterocycles. The van der Waals surface area contributed by atoms with Crippen molar-refractivity contribution in [1.82, 2.24) is 0 Å². The molecular weight excluding hydrogens is 224 g/mol. The van der Waals surface area contributed by atoms with Crippen LogP contribution >= 0.6 is 0 Å². The van der Waals surface area contributed by atoms with Gasteiger partial charge in [0.05, 0.1) is 0 Å². The van der Waals surface area contributed by atoms with Gasteiger partial charge >= 0.3 is 0 Å². The highest BCUT2D eigenvalue weighted by Gasteiger charge is 2.15. The summed E-state index contributed by atoms with van der Waals surface area (Å²) in [5.41, 5.74) is 1.37. The van der Waals surface area contributed by atoms with Crippen LogP contribution in [0.1, 0.15) is 24.8 Å². The van der Waals surface area contributed by atoms with Crippen molar-refractivity contribution in [3.8, 4) is 18.1 Å². The standard InChI is InChI=1S/C15H22OSi/c1-5-6-7-8-9-14-10-12-15(13-11-14)16-17(2,3)4/h1,10-13H,6-9H2,2-4H3. The predicted octanol–water partition coefficient (Wildman–Crippen LogP) is 4.25. The molecule has 0 aliphatic heterocycles. The second-order valence-electron chi connectivity index (χ2n) is 5.27. The Morgan fingerprint density at radius 3 is 2.29 bits per heavy atom. The van der Waals surface area contributed by atoms with Gasteiger partial charge < -0.3 is 4.43 Å². The van der Waals surface area contributed by atoms with E-state index in [1.807, 2.05) is 0 Å². The summed E-state index contributed by atoms with van der Waals surface area (Å²) in [6, 6.07) is 8.47. The van der Waals surface area contributed by atoms with Crippen molar-refractivity contribution in [3.63, 3.8) is 0 Å². The van der Waals surface area contributed by atoms with Crippen molar-refractivity contribution in [3.05, 3.63) is 29.8 Å². The number of aryl methyl sites for hydroxylation is 1. The van der Waals surface area contributed by atoms with Gasteiger partial charge in [-0.25, -0.2) is 0 Å². The average molecular weight is 246 g/mol. The van der Waals surface area contributed by atoms with Gasteiger partial charge in [0.2, 0.25) is 8.32 Å². The van der Waals surface area contributed by atoms with E-state index in [1.165, 1.54) is 12.0 Å². The molecule has 1 nitrogen and oxygen atoms in total. The summed E-state index contributed by atoms with van der Waals surface area (Å²) >= 11 is 0. The van der Waals surface area contributed by atoms with Crippen molar-refractivity contribution in [2.75, 3.05) is 0 Å². The van der Waals surface area contributed by atoms with E-state index in [1.54, 1.807) is 0 Å². The molecule has 92 valence electrons. The van der Waals surface area contributed by atoms with Gasteiger partial charge in [-0.1, -0.05) is 12.1 Å². The van der Waals surface area contributed by atoms with Crippen molar-refractivity contribution in [1.29, 1.82) is 0 Å². The molecule has 1 aromatic rings. The molecule has 0 atom stereocenters. The first kappa shape index (κ1) is 13.9. The quantitative estimate of drug-likeness (QED) is 0.414. The SMILES string of the molecule is C#CCCCCc1ccc(O[Si](C)(C)C)cc1. The van der Waals surface area contributed by atoms with E-state index >= 15 is 0 Å². The summed E-state index contributed by atoms with van der Waals surface area (Å²) in [7, 11) is -1.47. The molecule has 0 saturated carbocycles. The van der Waals surface area contributed by atoms with Gasteiger partial charge in [0.1, 0.15) is 5.75 Å². The van der Waals surface area contributed by atoms with E-state index in [0.717, 1.165) is 25.0 Å². The maximum Gasteiger partial charge on any atom is 0.242 e. The van der Waals surface area contributed by atoms with Gasteiger partial charge in [-0.3, -0.25) is 0 Å². The monoisotopic (exact) mass is 246 g/mol. The zero-order valence-electron chi connectivity index (χ0n) is 11.1. The number of hydrogen-bond acceptors (Lipinski definition) is 1.